The van der Waals surface area contributed by atoms with E-state index in [1.54, 1.807) is 0 Å². The minimum Gasteiger partial charge on any atom is -0.361 e. The molecular formula is C20H19N5O3. The van der Waals surface area contributed by atoms with Crippen molar-refractivity contribution in [2.75, 3.05) is 6.54 Å². The predicted molar refractivity (Wildman–Crippen MR) is 107 cm³/mol. The van der Waals surface area contributed by atoms with Crippen LogP contribution in [0.1, 0.15) is 16.1 Å². The van der Waals surface area contributed by atoms with E-state index < -0.39 is 11.2 Å². The molecule has 0 atom stereocenters. The number of hydrogen-bond donors (Lipinski definition) is 2. The van der Waals surface area contributed by atoms with Crippen LogP contribution in [0.3, 0.4) is 0 Å². The molecule has 8 heteroatoms. The number of nitrogens with zero attached hydrogens (tertiary/aromatic N) is 3. The zero-order valence-corrected chi connectivity index (χ0v) is 15.5. The Morgan fingerprint density at radius 1 is 1.07 bits per heavy atom. The largest absolute Gasteiger partial charge is 0.361 e. The number of carbonyl (C=O) groups excluding carboxylic acids is 1. The maximum Gasteiger partial charge on any atom is 0.332 e. The van der Waals surface area contributed by atoms with Crippen LogP contribution in [0.25, 0.3) is 21.9 Å². The summed E-state index contributed by atoms with van der Waals surface area (Å²) in [5, 5.41) is 4.26. The van der Waals surface area contributed by atoms with Crippen molar-refractivity contribution in [2.45, 2.75) is 6.42 Å². The molecule has 0 radical (unpaired) electrons. The van der Waals surface area contributed by atoms with Gasteiger partial charge in [0.1, 0.15) is 11.3 Å². The minimum absolute atomic E-state index is 0.162. The van der Waals surface area contributed by atoms with E-state index in [4.69, 9.17) is 0 Å². The van der Waals surface area contributed by atoms with Gasteiger partial charge in [0.2, 0.25) is 0 Å². The second-order valence-corrected chi connectivity index (χ2v) is 6.64. The number of carbonyl (C=O) groups is 1. The molecule has 0 saturated heterocycles. The lowest BCUT2D eigenvalue weighted by molar-refractivity contribution is 0.0949. The molecule has 0 fully saturated rings. The van der Waals surface area contributed by atoms with Gasteiger partial charge in [-0.1, -0.05) is 18.2 Å². The molecule has 3 aromatic heterocycles. The Balaban J connectivity index is 1.54. The van der Waals surface area contributed by atoms with Crippen molar-refractivity contribution in [3.05, 3.63) is 74.7 Å². The van der Waals surface area contributed by atoms with Gasteiger partial charge in [0.05, 0.1) is 5.39 Å². The summed E-state index contributed by atoms with van der Waals surface area (Å²) < 4.78 is 2.28. The van der Waals surface area contributed by atoms with Crippen molar-refractivity contribution in [1.82, 2.24) is 24.4 Å². The highest BCUT2D eigenvalue weighted by Gasteiger charge is 2.14. The molecular weight excluding hydrogens is 358 g/mol. The number of rotatable bonds is 4. The SMILES string of the molecule is Cn1c(=O)c2ccc(C(=O)NCCc3c[nH]c4ccccc34)nc2n(C)c1=O. The van der Waals surface area contributed by atoms with Crippen LogP contribution >= 0.6 is 0 Å². The van der Waals surface area contributed by atoms with Crippen molar-refractivity contribution in [3.8, 4) is 0 Å². The zero-order valence-electron chi connectivity index (χ0n) is 15.5. The quantitative estimate of drug-likeness (QED) is 0.556. The van der Waals surface area contributed by atoms with Crippen LogP contribution in [0.15, 0.2) is 52.2 Å². The lowest BCUT2D eigenvalue weighted by atomic mass is 10.1. The highest BCUT2D eigenvalue weighted by Crippen LogP contribution is 2.17. The molecule has 0 spiro atoms. The molecule has 28 heavy (non-hydrogen) atoms. The molecule has 142 valence electrons. The summed E-state index contributed by atoms with van der Waals surface area (Å²) in [6.07, 6.45) is 2.61. The summed E-state index contributed by atoms with van der Waals surface area (Å²) >= 11 is 0. The third kappa shape index (κ3) is 2.88. The molecule has 1 aromatic carbocycles. The van der Waals surface area contributed by atoms with Gasteiger partial charge in [0.25, 0.3) is 11.5 Å². The third-order valence-corrected chi connectivity index (χ3v) is 4.89. The summed E-state index contributed by atoms with van der Waals surface area (Å²) in [7, 11) is 2.94. The normalized spacial score (nSPS) is 11.2. The van der Waals surface area contributed by atoms with Crippen molar-refractivity contribution < 1.29 is 4.79 Å². The molecule has 2 N–H and O–H groups in total. The van der Waals surface area contributed by atoms with Crippen LogP contribution in [0.5, 0.6) is 0 Å². The van der Waals surface area contributed by atoms with Crippen LogP contribution in [-0.4, -0.2) is 31.6 Å². The van der Waals surface area contributed by atoms with Crippen LogP contribution in [-0.2, 0) is 20.5 Å². The molecule has 0 aliphatic rings. The monoisotopic (exact) mass is 377 g/mol. The number of H-pyrrole nitrogens is 1. The van der Waals surface area contributed by atoms with E-state index in [9.17, 15) is 14.4 Å². The Labute approximate surface area is 159 Å². The van der Waals surface area contributed by atoms with E-state index in [1.165, 1.54) is 30.8 Å². The summed E-state index contributed by atoms with van der Waals surface area (Å²) in [5.41, 5.74) is 1.61. The molecule has 3 heterocycles. The number of hydrogen-bond acceptors (Lipinski definition) is 4. The van der Waals surface area contributed by atoms with Gasteiger partial charge in [-0.2, -0.15) is 0 Å². The number of fused-ring (bicyclic) bond motifs is 2. The van der Waals surface area contributed by atoms with Gasteiger partial charge in [0.15, 0.2) is 0 Å². The number of benzene rings is 1. The van der Waals surface area contributed by atoms with Gasteiger partial charge in [-0.3, -0.25) is 18.7 Å². The smallest absolute Gasteiger partial charge is 0.332 e. The number of amides is 1. The second kappa shape index (κ2) is 6.80. The fourth-order valence-corrected chi connectivity index (χ4v) is 3.32. The lowest BCUT2D eigenvalue weighted by Gasteiger charge is -2.09. The van der Waals surface area contributed by atoms with Crippen LogP contribution < -0.4 is 16.6 Å². The first-order valence-electron chi connectivity index (χ1n) is 8.87. The Bertz CT molecular complexity index is 1330. The van der Waals surface area contributed by atoms with E-state index in [1.807, 2.05) is 30.5 Å². The zero-order chi connectivity index (χ0) is 19.8. The van der Waals surface area contributed by atoms with E-state index in [0.717, 1.165) is 21.0 Å². The first kappa shape index (κ1) is 17.7. The molecule has 4 rings (SSSR count). The Morgan fingerprint density at radius 3 is 2.68 bits per heavy atom. The summed E-state index contributed by atoms with van der Waals surface area (Å²) in [4.78, 5) is 44.2. The average Bonchev–Trinajstić information content (AvgIpc) is 3.13. The average molecular weight is 377 g/mol. The molecule has 4 aromatic rings. The lowest BCUT2D eigenvalue weighted by Crippen LogP contribution is -2.37. The summed E-state index contributed by atoms with van der Waals surface area (Å²) in [5.74, 6) is -0.352. The van der Waals surface area contributed by atoms with E-state index in [0.29, 0.717) is 18.4 Å². The van der Waals surface area contributed by atoms with Crippen LogP contribution in [0.4, 0.5) is 0 Å². The first-order valence-corrected chi connectivity index (χ1v) is 8.87. The number of aryl methyl sites for hydroxylation is 1. The third-order valence-electron chi connectivity index (χ3n) is 4.89. The van der Waals surface area contributed by atoms with Gasteiger partial charge in [-0.25, -0.2) is 9.78 Å². The van der Waals surface area contributed by atoms with E-state index in [-0.39, 0.29) is 17.2 Å². The number of pyridine rings is 1. The number of nitrogens with one attached hydrogen (secondary N) is 2. The number of para-hydroxylation sites is 1. The molecule has 8 nitrogen and oxygen atoms in total. The maximum atomic E-state index is 12.5. The molecule has 0 unspecified atom stereocenters. The minimum atomic E-state index is -0.484. The highest BCUT2D eigenvalue weighted by atomic mass is 16.2. The van der Waals surface area contributed by atoms with Gasteiger partial charge in [0, 0.05) is 37.7 Å². The van der Waals surface area contributed by atoms with E-state index >= 15 is 0 Å². The molecule has 0 bridgehead atoms. The predicted octanol–water partition coefficient (Wildman–Crippen LogP) is 1.09. The first-order chi connectivity index (χ1) is 13.5. The maximum absolute atomic E-state index is 12.5. The molecule has 0 aliphatic carbocycles. The fraction of sp³-hybridized carbons (Fsp3) is 0.200. The summed E-state index contributed by atoms with van der Waals surface area (Å²) in [6.45, 7) is 0.440. The van der Waals surface area contributed by atoms with E-state index in [2.05, 4.69) is 15.3 Å². The molecule has 0 aliphatic heterocycles. The van der Waals surface area contributed by atoms with Crippen LogP contribution in [0, 0.1) is 0 Å². The van der Waals surface area contributed by atoms with Crippen molar-refractivity contribution in [1.29, 1.82) is 0 Å². The van der Waals surface area contributed by atoms with Gasteiger partial charge >= 0.3 is 5.69 Å². The topological polar surface area (TPSA) is 102 Å². The van der Waals surface area contributed by atoms with Crippen molar-refractivity contribution >= 4 is 27.8 Å². The highest BCUT2D eigenvalue weighted by molar-refractivity contribution is 5.94. The molecule has 0 saturated carbocycles. The van der Waals surface area contributed by atoms with Crippen LogP contribution in [0.2, 0.25) is 0 Å². The Hall–Kier alpha value is -3.68. The summed E-state index contributed by atoms with van der Waals surface area (Å²) in [6, 6.07) is 11.0. The fourth-order valence-electron chi connectivity index (χ4n) is 3.32. The number of aromatic nitrogens is 4. The number of aromatic amines is 1. The van der Waals surface area contributed by atoms with Crippen molar-refractivity contribution in [3.63, 3.8) is 0 Å². The van der Waals surface area contributed by atoms with Gasteiger partial charge < -0.3 is 10.3 Å². The second-order valence-electron chi connectivity index (χ2n) is 6.64. The van der Waals surface area contributed by atoms with Gasteiger partial charge in [-0.15, -0.1) is 0 Å². The Kier molecular flexibility index (Phi) is 4.31. The van der Waals surface area contributed by atoms with Crippen molar-refractivity contribution in [2.24, 2.45) is 14.1 Å². The molecule has 1 amide bonds. The Morgan fingerprint density at radius 2 is 1.86 bits per heavy atom. The van der Waals surface area contributed by atoms with Gasteiger partial charge in [-0.05, 0) is 30.2 Å². The standard InChI is InChI=1S/C20H19N5O3/c1-24-17-14(19(27)25(2)20(24)28)7-8-16(23-17)18(26)21-10-9-12-11-22-15-6-4-3-5-13(12)15/h3-8,11,22H,9-10H2,1-2H3,(H,21,26).